The van der Waals surface area contributed by atoms with Crippen LogP contribution in [0.25, 0.3) is 111 Å². The molecule has 0 bridgehead atoms. The van der Waals surface area contributed by atoms with E-state index in [0.29, 0.717) is 17.5 Å². The van der Waals surface area contributed by atoms with E-state index in [1.807, 2.05) is 54.6 Å². The summed E-state index contributed by atoms with van der Waals surface area (Å²) in [6.07, 6.45) is 0. The zero-order valence-corrected chi connectivity index (χ0v) is 30.1. The first-order valence-corrected chi connectivity index (χ1v) is 18.7. The van der Waals surface area contributed by atoms with Crippen molar-refractivity contribution < 1.29 is 8.83 Å². The summed E-state index contributed by atoms with van der Waals surface area (Å²) in [4.78, 5) is 15.1. The average molecular weight is 718 g/mol. The first-order chi connectivity index (χ1) is 27.7. The summed E-state index contributed by atoms with van der Waals surface area (Å²) in [5, 5.41) is 4.31. The molecule has 5 nitrogen and oxygen atoms in total. The highest BCUT2D eigenvalue weighted by Crippen LogP contribution is 2.42. The molecule has 3 aromatic heterocycles. The third-order valence-electron chi connectivity index (χ3n) is 10.6. The van der Waals surface area contributed by atoms with Crippen LogP contribution in [0.3, 0.4) is 0 Å². The monoisotopic (exact) mass is 717 g/mol. The summed E-state index contributed by atoms with van der Waals surface area (Å²) in [6, 6.07) is 64.6. The number of hydrogen-bond donors (Lipinski definition) is 0. The number of aromatic nitrogens is 3. The number of furan rings is 2. The van der Waals surface area contributed by atoms with E-state index in [9.17, 15) is 0 Å². The molecule has 0 N–H and O–H groups in total. The molecule has 0 aliphatic rings. The van der Waals surface area contributed by atoms with Gasteiger partial charge in [0, 0.05) is 38.2 Å². The van der Waals surface area contributed by atoms with Crippen LogP contribution in [0.15, 0.2) is 197 Å². The number of fused-ring (bicyclic) bond motifs is 6. The van der Waals surface area contributed by atoms with Gasteiger partial charge in [0.2, 0.25) is 0 Å². The van der Waals surface area contributed by atoms with Gasteiger partial charge in [-0.1, -0.05) is 146 Å². The normalized spacial score (nSPS) is 11.6. The van der Waals surface area contributed by atoms with Crippen LogP contribution in [-0.2, 0) is 0 Å². The molecule has 0 amide bonds. The minimum atomic E-state index is 0.578. The van der Waals surface area contributed by atoms with Crippen LogP contribution in [0.1, 0.15) is 0 Å². The molecule has 8 aromatic carbocycles. The topological polar surface area (TPSA) is 65.0 Å². The fraction of sp³-hybridized carbons (Fsp3) is 0. The Labute approximate surface area is 322 Å². The Kier molecular flexibility index (Phi) is 7.42. The highest BCUT2D eigenvalue weighted by atomic mass is 16.3. The number of para-hydroxylation sites is 1. The van der Waals surface area contributed by atoms with Crippen LogP contribution >= 0.6 is 0 Å². The Morgan fingerprint density at radius 3 is 1.64 bits per heavy atom. The summed E-state index contributed by atoms with van der Waals surface area (Å²) in [5.41, 5.74) is 12.8. The lowest BCUT2D eigenvalue weighted by atomic mass is 9.91. The van der Waals surface area contributed by atoms with E-state index >= 15 is 0 Å². The summed E-state index contributed by atoms with van der Waals surface area (Å²) in [5.74, 6) is 1.80. The van der Waals surface area contributed by atoms with Crippen molar-refractivity contribution in [3.8, 4) is 67.5 Å². The van der Waals surface area contributed by atoms with Gasteiger partial charge in [-0.05, 0) is 75.8 Å². The first kappa shape index (κ1) is 31.9. The SMILES string of the molecule is c1ccc(-c2cccc(-c3nc(-c4ccccc4)nc(-c4ccc5c(c4)oc4cccc(-c6ccccc6-c6ccc7oc8ccccc8c7c6)c45)n3)c2)cc1. The van der Waals surface area contributed by atoms with Gasteiger partial charge in [-0.15, -0.1) is 0 Å². The van der Waals surface area contributed by atoms with Gasteiger partial charge < -0.3 is 8.83 Å². The molecule has 0 aliphatic heterocycles. The summed E-state index contributed by atoms with van der Waals surface area (Å²) >= 11 is 0. The second-order valence-electron chi connectivity index (χ2n) is 14.0. The molecule has 3 heterocycles. The second kappa shape index (κ2) is 13.0. The van der Waals surface area contributed by atoms with Crippen molar-refractivity contribution in [3.63, 3.8) is 0 Å². The van der Waals surface area contributed by atoms with Crippen molar-refractivity contribution in [2.45, 2.75) is 0 Å². The van der Waals surface area contributed by atoms with Gasteiger partial charge >= 0.3 is 0 Å². The number of rotatable bonds is 6. The maximum Gasteiger partial charge on any atom is 0.164 e. The summed E-state index contributed by atoms with van der Waals surface area (Å²) in [7, 11) is 0. The van der Waals surface area contributed by atoms with Gasteiger partial charge in [-0.3, -0.25) is 0 Å². The van der Waals surface area contributed by atoms with E-state index in [2.05, 4.69) is 133 Å². The molecule has 0 aliphatic carbocycles. The standard InChI is InChI=1S/C51H31N3O2/c1-3-13-32(14-4-1)34-17-11-18-36(29-34)50-52-49(33-15-5-2-6-16-33)53-51(54-50)37-25-27-42-47(31-37)56-46-24-12-22-41(48(42)46)39-20-8-7-19-38(39)35-26-28-45-43(30-35)40-21-9-10-23-44(40)55-45/h1-31H. The van der Waals surface area contributed by atoms with E-state index in [4.69, 9.17) is 23.8 Å². The molecule has 11 rings (SSSR count). The van der Waals surface area contributed by atoms with Gasteiger partial charge in [-0.25, -0.2) is 15.0 Å². The van der Waals surface area contributed by atoms with Crippen molar-refractivity contribution in [2.75, 3.05) is 0 Å². The maximum atomic E-state index is 6.63. The maximum absolute atomic E-state index is 6.63. The van der Waals surface area contributed by atoms with Crippen LogP contribution in [0.5, 0.6) is 0 Å². The van der Waals surface area contributed by atoms with E-state index in [0.717, 1.165) is 93.9 Å². The van der Waals surface area contributed by atoms with Crippen LogP contribution in [0, 0.1) is 0 Å². The van der Waals surface area contributed by atoms with Crippen molar-refractivity contribution in [1.29, 1.82) is 0 Å². The largest absolute Gasteiger partial charge is 0.456 e. The fourth-order valence-corrected chi connectivity index (χ4v) is 7.87. The first-order valence-electron chi connectivity index (χ1n) is 18.7. The van der Waals surface area contributed by atoms with Crippen molar-refractivity contribution in [3.05, 3.63) is 188 Å². The summed E-state index contributed by atoms with van der Waals surface area (Å²) in [6.45, 7) is 0. The highest BCUT2D eigenvalue weighted by Gasteiger charge is 2.19. The smallest absolute Gasteiger partial charge is 0.164 e. The molecule has 11 aromatic rings. The molecular formula is C51H31N3O2. The Morgan fingerprint density at radius 1 is 0.268 bits per heavy atom. The molecule has 5 heteroatoms. The van der Waals surface area contributed by atoms with Gasteiger partial charge in [0.25, 0.3) is 0 Å². The zero-order chi connectivity index (χ0) is 37.0. The number of benzene rings is 8. The number of nitrogens with zero attached hydrogens (tertiary/aromatic N) is 3. The minimum absolute atomic E-state index is 0.578. The van der Waals surface area contributed by atoms with Crippen molar-refractivity contribution in [1.82, 2.24) is 15.0 Å². The van der Waals surface area contributed by atoms with Crippen molar-refractivity contribution >= 4 is 43.9 Å². The Morgan fingerprint density at radius 2 is 0.821 bits per heavy atom. The Hall–Kier alpha value is -7.63. The van der Waals surface area contributed by atoms with E-state index in [-0.39, 0.29) is 0 Å². The van der Waals surface area contributed by atoms with Gasteiger partial charge in [0.15, 0.2) is 17.5 Å². The van der Waals surface area contributed by atoms with Crippen LogP contribution in [0.4, 0.5) is 0 Å². The number of hydrogen-bond acceptors (Lipinski definition) is 5. The third kappa shape index (κ3) is 5.45. The molecule has 0 spiro atoms. The van der Waals surface area contributed by atoms with Crippen molar-refractivity contribution in [2.24, 2.45) is 0 Å². The Bertz CT molecular complexity index is 3250. The average Bonchev–Trinajstić information content (AvgIpc) is 3.85. The highest BCUT2D eigenvalue weighted by molar-refractivity contribution is 6.14. The van der Waals surface area contributed by atoms with E-state index < -0.39 is 0 Å². The zero-order valence-electron chi connectivity index (χ0n) is 30.1. The lowest BCUT2D eigenvalue weighted by molar-refractivity contribution is 0.668. The quantitative estimate of drug-likeness (QED) is 0.171. The van der Waals surface area contributed by atoms with Crippen LogP contribution < -0.4 is 0 Å². The van der Waals surface area contributed by atoms with Gasteiger partial charge in [0.05, 0.1) is 0 Å². The second-order valence-corrected chi connectivity index (χ2v) is 14.0. The molecular weight excluding hydrogens is 687 g/mol. The molecule has 0 fully saturated rings. The van der Waals surface area contributed by atoms with E-state index in [1.165, 1.54) is 0 Å². The molecule has 0 saturated heterocycles. The third-order valence-corrected chi connectivity index (χ3v) is 10.6. The predicted octanol–water partition coefficient (Wildman–Crippen LogP) is 13.7. The molecule has 0 saturated carbocycles. The van der Waals surface area contributed by atoms with Crippen LogP contribution in [-0.4, -0.2) is 15.0 Å². The molecule has 0 radical (unpaired) electrons. The van der Waals surface area contributed by atoms with Gasteiger partial charge in [-0.2, -0.15) is 0 Å². The summed E-state index contributed by atoms with van der Waals surface area (Å²) < 4.78 is 12.8. The Balaban J connectivity index is 1.04. The molecule has 0 atom stereocenters. The molecule has 262 valence electrons. The van der Waals surface area contributed by atoms with Gasteiger partial charge in [0.1, 0.15) is 22.3 Å². The fourth-order valence-electron chi connectivity index (χ4n) is 7.87. The minimum Gasteiger partial charge on any atom is -0.456 e. The lowest BCUT2D eigenvalue weighted by Gasteiger charge is -2.12. The molecule has 56 heavy (non-hydrogen) atoms. The molecule has 0 unspecified atom stereocenters. The predicted molar refractivity (Wildman–Crippen MR) is 227 cm³/mol. The van der Waals surface area contributed by atoms with Crippen LogP contribution in [0.2, 0.25) is 0 Å². The van der Waals surface area contributed by atoms with E-state index in [1.54, 1.807) is 0 Å². The lowest BCUT2D eigenvalue weighted by Crippen LogP contribution is -2.00.